The van der Waals surface area contributed by atoms with E-state index in [1.165, 1.54) is 39.5 Å². The van der Waals surface area contributed by atoms with Gasteiger partial charge in [0, 0.05) is 14.2 Å². The number of hydrogen-bond acceptors (Lipinski definition) is 7. The topological polar surface area (TPSA) is 91.3 Å². The van der Waals surface area contributed by atoms with Gasteiger partial charge in [0.15, 0.2) is 11.5 Å². The largest absolute Gasteiger partial charge is 0.504 e. The van der Waals surface area contributed by atoms with Gasteiger partial charge >= 0.3 is 13.6 Å². The monoisotopic (exact) mass is 344 g/mol. The van der Waals surface area contributed by atoms with Gasteiger partial charge in [0.05, 0.1) is 13.2 Å². The smallest absolute Gasteiger partial charge is 0.368 e. The fraction of sp³-hybridized carbons (Fsp3) is 0.400. The first kappa shape index (κ1) is 19.2. The molecular formula is C15H21O7P. The molecular weight excluding hydrogens is 323 g/mol. The Bertz CT molecular complexity index is 629. The minimum absolute atomic E-state index is 0.123. The second-order valence-corrected chi connectivity index (χ2v) is 6.98. The van der Waals surface area contributed by atoms with Crippen molar-refractivity contribution in [2.75, 3.05) is 21.3 Å². The van der Waals surface area contributed by atoms with E-state index in [1.54, 1.807) is 19.9 Å². The molecule has 0 atom stereocenters. The van der Waals surface area contributed by atoms with Gasteiger partial charge in [-0.3, -0.25) is 4.57 Å². The van der Waals surface area contributed by atoms with Crippen LogP contribution in [0.3, 0.4) is 0 Å². The van der Waals surface area contributed by atoms with Crippen LogP contribution in [0.2, 0.25) is 0 Å². The maximum Gasteiger partial charge on any atom is 0.368 e. The van der Waals surface area contributed by atoms with Gasteiger partial charge in [0.25, 0.3) is 0 Å². The van der Waals surface area contributed by atoms with E-state index < -0.39 is 19.7 Å². The number of phenols is 1. The second kappa shape index (κ2) is 8.15. The van der Waals surface area contributed by atoms with E-state index in [4.69, 9.17) is 18.5 Å². The van der Waals surface area contributed by atoms with Crippen LogP contribution < -0.4 is 4.74 Å². The molecule has 0 bridgehead atoms. The summed E-state index contributed by atoms with van der Waals surface area (Å²) >= 11 is 0. The maximum absolute atomic E-state index is 12.6. The SMILES string of the molecule is COc1ccc(/C=C(/C(=O)OC(C)C)P(=O)(OC)OC)cc1O. The van der Waals surface area contributed by atoms with Gasteiger partial charge in [-0.15, -0.1) is 0 Å². The molecule has 1 rings (SSSR count). The fourth-order valence-corrected chi connectivity index (χ4v) is 2.88. The second-order valence-electron chi connectivity index (χ2n) is 4.78. The molecule has 23 heavy (non-hydrogen) atoms. The summed E-state index contributed by atoms with van der Waals surface area (Å²) in [4.78, 5) is 12.2. The molecule has 0 heterocycles. The summed E-state index contributed by atoms with van der Waals surface area (Å²) in [6.07, 6.45) is 0.884. The summed E-state index contributed by atoms with van der Waals surface area (Å²) in [6, 6.07) is 4.45. The highest BCUT2D eigenvalue weighted by Crippen LogP contribution is 2.55. The van der Waals surface area contributed by atoms with Crippen LogP contribution in [0, 0.1) is 0 Å². The van der Waals surface area contributed by atoms with Crippen molar-refractivity contribution in [1.82, 2.24) is 0 Å². The third-order valence-electron chi connectivity index (χ3n) is 2.83. The van der Waals surface area contributed by atoms with Gasteiger partial charge in [-0.1, -0.05) is 6.07 Å². The van der Waals surface area contributed by atoms with Gasteiger partial charge in [-0.2, -0.15) is 0 Å². The van der Waals surface area contributed by atoms with Gasteiger partial charge < -0.3 is 23.6 Å². The molecule has 0 saturated heterocycles. The zero-order valence-electron chi connectivity index (χ0n) is 13.7. The molecule has 0 aliphatic heterocycles. The highest BCUT2D eigenvalue weighted by molar-refractivity contribution is 7.60. The third-order valence-corrected chi connectivity index (χ3v) is 4.70. The summed E-state index contributed by atoms with van der Waals surface area (Å²) < 4.78 is 32.4. The summed E-state index contributed by atoms with van der Waals surface area (Å²) in [5, 5.41) is 9.54. The molecule has 7 nitrogen and oxygen atoms in total. The Morgan fingerprint density at radius 2 is 1.83 bits per heavy atom. The molecule has 0 aromatic heterocycles. The van der Waals surface area contributed by atoms with Crippen LogP contribution in [-0.4, -0.2) is 38.5 Å². The summed E-state index contributed by atoms with van der Waals surface area (Å²) in [5.41, 5.74) is 0.410. The molecule has 0 spiro atoms. The molecule has 1 N–H and O–H groups in total. The Morgan fingerprint density at radius 1 is 1.22 bits per heavy atom. The molecule has 1 aromatic rings. The third kappa shape index (κ3) is 4.82. The lowest BCUT2D eigenvalue weighted by molar-refractivity contribution is -0.141. The minimum Gasteiger partial charge on any atom is -0.504 e. The number of ether oxygens (including phenoxy) is 2. The van der Waals surface area contributed by atoms with Crippen LogP contribution in [0.1, 0.15) is 19.4 Å². The molecule has 0 fully saturated rings. The Labute approximate surface area is 135 Å². The van der Waals surface area contributed by atoms with Crippen LogP contribution >= 0.6 is 7.60 Å². The van der Waals surface area contributed by atoms with Gasteiger partial charge in [-0.05, 0) is 37.6 Å². The van der Waals surface area contributed by atoms with Crippen LogP contribution in [-0.2, 0) is 23.1 Å². The lowest BCUT2D eigenvalue weighted by Gasteiger charge is -2.17. The van der Waals surface area contributed by atoms with E-state index in [2.05, 4.69) is 0 Å². The van der Waals surface area contributed by atoms with E-state index in [0.717, 1.165) is 0 Å². The van der Waals surface area contributed by atoms with Gasteiger partial charge in [-0.25, -0.2) is 4.79 Å². The Balaban J connectivity index is 3.36. The minimum atomic E-state index is -3.83. The molecule has 0 aliphatic carbocycles. The Hall–Kier alpha value is -1.82. The van der Waals surface area contributed by atoms with Crippen molar-refractivity contribution in [3.05, 3.63) is 29.1 Å². The Morgan fingerprint density at radius 3 is 2.26 bits per heavy atom. The number of carbonyl (C=O) groups excluding carboxylic acids is 1. The average Bonchev–Trinajstić information content (AvgIpc) is 2.51. The molecule has 0 aliphatic rings. The van der Waals surface area contributed by atoms with Crippen molar-refractivity contribution >= 4 is 19.6 Å². The molecule has 0 unspecified atom stereocenters. The molecule has 1 aromatic carbocycles. The van der Waals surface area contributed by atoms with E-state index >= 15 is 0 Å². The lowest BCUT2D eigenvalue weighted by Crippen LogP contribution is -2.15. The number of esters is 1. The zero-order chi connectivity index (χ0) is 17.6. The molecule has 0 saturated carbocycles. The van der Waals surface area contributed by atoms with Crippen LogP contribution in [0.4, 0.5) is 0 Å². The number of benzene rings is 1. The van der Waals surface area contributed by atoms with Crippen LogP contribution in [0.25, 0.3) is 6.08 Å². The highest BCUT2D eigenvalue weighted by Gasteiger charge is 2.35. The number of hydrogen-bond donors (Lipinski definition) is 1. The summed E-state index contributed by atoms with van der Waals surface area (Å²) in [5.74, 6) is -0.667. The quantitative estimate of drug-likeness (QED) is 0.461. The number of rotatable bonds is 7. The first-order chi connectivity index (χ1) is 10.8. The van der Waals surface area contributed by atoms with Crippen molar-refractivity contribution in [3.63, 3.8) is 0 Å². The standard InChI is InChI=1S/C15H21O7P/c1-10(2)22-15(17)14(23(18,20-4)21-5)9-11-6-7-13(19-3)12(16)8-11/h6-10,16H,1-5H3/b14-9-. The normalized spacial score (nSPS) is 12.3. The molecule has 0 radical (unpaired) electrons. The zero-order valence-corrected chi connectivity index (χ0v) is 14.6. The van der Waals surface area contributed by atoms with Crippen molar-refractivity contribution in [2.45, 2.75) is 20.0 Å². The predicted molar refractivity (Wildman–Crippen MR) is 85.5 cm³/mol. The van der Waals surface area contributed by atoms with E-state index in [0.29, 0.717) is 5.56 Å². The van der Waals surface area contributed by atoms with Gasteiger partial charge in [0.1, 0.15) is 5.31 Å². The molecule has 8 heteroatoms. The fourth-order valence-electron chi connectivity index (χ4n) is 1.75. The average molecular weight is 344 g/mol. The highest BCUT2D eigenvalue weighted by atomic mass is 31.2. The molecule has 128 valence electrons. The number of carbonyl (C=O) groups is 1. The first-order valence-electron chi connectivity index (χ1n) is 6.79. The van der Waals surface area contributed by atoms with Crippen molar-refractivity contribution < 1.29 is 33.0 Å². The first-order valence-corrected chi connectivity index (χ1v) is 8.33. The summed E-state index contributed by atoms with van der Waals surface area (Å²) in [7, 11) is -0.0668. The van der Waals surface area contributed by atoms with Crippen molar-refractivity contribution in [1.29, 1.82) is 0 Å². The molecule has 0 amide bonds. The van der Waals surface area contributed by atoms with Gasteiger partial charge in [0.2, 0.25) is 0 Å². The lowest BCUT2D eigenvalue weighted by atomic mass is 10.2. The van der Waals surface area contributed by atoms with Crippen LogP contribution in [0.5, 0.6) is 11.5 Å². The van der Waals surface area contributed by atoms with Crippen molar-refractivity contribution in [2.24, 2.45) is 0 Å². The number of phenolic OH excluding ortho intramolecular Hbond substituents is 1. The van der Waals surface area contributed by atoms with Crippen molar-refractivity contribution in [3.8, 4) is 11.5 Å². The Kier molecular flexibility index (Phi) is 6.81. The van der Waals surface area contributed by atoms with E-state index in [9.17, 15) is 14.5 Å². The maximum atomic E-state index is 12.6. The van der Waals surface area contributed by atoms with Crippen LogP contribution in [0.15, 0.2) is 23.5 Å². The predicted octanol–water partition coefficient (Wildman–Crippen LogP) is 3.18. The number of methoxy groups -OCH3 is 1. The van der Waals surface area contributed by atoms with E-state index in [-0.39, 0.29) is 16.8 Å². The summed E-state index contributed by atoms with van der Waals surface area (Å²) in [6.45, 7) is 3.33. The number of aromatic hydroxyl groups is 1. The van der Waals surface area contributed by atoms with E-state index in [1.807, 2.05) is 0 Å².